The maximum Gasteiger partial charge on any atom is 0.325 e. The zero-order valence-electron chi connectivity index (χ0n) is 11.6. The molecule has 21 heavy (non-hydrogen) atoms. The van der Waals surface area contributed by atoms with Gasteiger partial charge in [0.2, 0.25) is 5.91 Å². The topological polar surface area (TPSA) is 121 Å². The summed E-state index contributed by atoms with van der Waals surface area (Å²) in [5.74, 6) is -0.281. The van der Waals surface area contributed by atoms with Gasteiger partial charge in [-0.3, -0.25) is 14.6 Å². The van der Waals surface area contributed by atoms with E-state index in [1.165, 1.54) is 11.3 Å². The molecule has 0 aromatic carbocycles. The van der Waals surface area contributed by atoms with Crippen molar-refractivity contribution in [1.29, 1.82) is 0 Å². The molecule has 0 unspecified atom stereocenters. The average molecular weight is 309 g/mol. The first-order chi connectivity index (χ1) is 9.95. The highest BCUT2D eigenvalue weighted by molar-refractivity contribution is 7.11. The Balaban J connectivity index is 1.90. The van der Waals surface area contributed by atoms with E-state index >= 15 is 0 Å². The summed E-state index contributed by atoms with van der Waals surface area (Å²) in [4.78, 5) is 39.1. The molecule has 2 rings (SSSR count). The summed E-state index contributed by atoms with van der Waals surface area (Å²) in [5, 5.41) is 12.3. The minimum atomic E-state index is -0.576. The van der Waals surface area contributed by atoms with Gasteiger partial charge in [-0.1, -0.05) is 0 Å². The molecule has 0 aliphatic rings. The third-order valence-corrected chi connectivity index (χ3v) is 3.72. The quantitative estimate of drug-likeness (QED) is 0.683. The van der Waals surface area contributed by atoms with Crippen LogP contribution < -0.4 is 16.6 Å². The van der Waals surface area contributed by atoms with Gasteiger partial charge in [-0.25, -0.2) is 4.79 Å². The maximum atomic E-state index is 11.8. The van der Waals surface area contributed by atoms with Gasteiger partial charge >= 0.3 is 5.69 Å². The Hall–Kier alpha value is -2.29. The van der Waals surface area contributed by atoms with E-state index in [4.69, 9.17) is 0 Å². The van der Waals surface area contributed by atoms with E-state index < -0.39 is 11.2 Å². The molecule has 112 valence electrons. The van der Waals surface area contributed by atoms with Crippen molar-refractivity contribution in [3.05, 3.63) is 42.1 Å². The Morgan fingerprint density at radius 1 is 1.24 bits per heavy atom. The monoisotopic (exact) mass is 309 g/mol. The molecule has 0 spiro atoms. The van der Waals surface area contributed by atoms with Gasteiger partial charge in [0, 0.05) is 24.2 Å². The lowest BCUT2D eigenvalue weighted by Crippen LogP contribution is -2.33. The lowest BCUT2D eigenvalue weighted by Gasteiger charge is -2.05. The molecule has 2 aromatic rings. The molecule has 3 N–H and O–H groups in total. The molecule has 0 aliphatic heterocycles. The molecule has 9 heteroatoms. The van der Waals surface area contributed by atoms with Crippen LogP contribution in [0, 0.1) is 13.8 Å². The Morgan fingerprint density at radius 2 is 2.00 bits per heavy atom. The molecule has 0 saturated carbocycles. The fourth-order valence-corrected chi connectivity index (χ4v) is 2.52. The summed E-state index contributed by atoms with van der Waals surface area (Å²) in [6.07, 6.45) is 0.519. The second kappa shape index (κ2) is 6.44. The van der Waals surface area contributed by atoms with Crippen molar-refractivity contribution >= 4 is 17.2 Å². The van der Waals surface area contributed by atoms with Gasteiger partial charge in [0.15, 0.2) is 0 Å². The second-order valence-corrected chi connectivity index (χ2v) is 5.77. The van der Waals surface area contributed by atoms with Gasteiger partial charge in [0.1, 0.15) is 10.0 Å². The van der Waals surface area contributed by atoms with Crippen molar-refractivity contribution in [3.63, 3.8) is 0 Å². The Labute approximate surface area is 123 Å². The number of rotatable bonds is 5. The highest BCUT2D eigenvalue weighted by Gasteiger charge is 2.11. The molecule has 2 heterocycles. The fourth-order valence-electron chi connectivity index (χ4n) is 1.81. The summed E-state index contributed by atoms with van der Waals surface area (Å²) >= 11 is 1.48. The first-order valence-electron chi connectivity index (χ1n) is 6.33. The fraction of sp³-hybridized carbons (Fsp3) is 0.417. The van der Waals surface area contributed by atoms with Crippen LogP contribution in [0.4, 0.5) is 0 Å². The molecular weight excluding hydrogens is 294 g/mol. The van der Waals surface area contributed by atoms with E-state index in [2.05, 4.69) is 25.5 Å². The molecule has 2 aromatic heterocycles. The SMILES string of the molecule is Cc1nnc(CCNC(=O)Cc2c(C)[nH]c(=O)[nH]c2=O)s1. The maximum absolute atomic E-state index is 11.8. The van der Waals surface area contributed by atoms with Crippen molar-refractivity contribution in [2.24, 2.45) is 0 Å². The van der Waals surface area contributed by atoms with Crippen LogP contribution >= 0.6 is 11.3 Å². The van der Waals surface area contributed by atoms with Crippen LogP contribution in [0.1, 0.15) is 21.3 Å². The molecule has 0 aliphatic carbocycles. The number of aryl methyl sites for hydroxylation is 2. The summed E-state index contributed by atoms with van der Waals surface area (Å²) in [5.41, 5.74) is -0.447. The minimum Gasteiger partial charge on any atom is -0.355 e. The van der Waals surface area contributed by atoms with Crippen LogP contribution in [0.15, 0.2) is 9.59 Å². The third-order valence-electron chi connectivity index (χ3n) is 2.82. The van der Waals surface area contributed by atoms with Crippen molar-refractivity contribution in [2.75, 3.05) is 6.54 Å². The Morgan fingerprint density at radius 3 is 2.62 bits per heavy atom. The molecule has 1 amide bonds. The molecule has 8 nitrogen and oxygen atoms in total. The number of aromatic amines is 2. The first-order valence-corrected chi connectivity index (χ1v) is 7.15. The van der Waals surface area contributed by atoms with Crippen molar-refractivity contribution < 1.29 is 4.79 Å². The summed E-state index contributed by atoms with van der Waals surface area (Å²) in [6, 6.07) is 0. The third kappa shape index (κ3) is 4.09. The standard InChI is InChI=1S/C12H15N5O3S/c1-6-8(11(19)15-12(20)14-6)5-9(18)13-4-3-10-17-16-7(2)21-10/h3-5H2,1-2H3,(H,13,18)(H2,14,15,19,20). The molecule has 0 saturated heterocycles. The van der Waals surface area contributed by atoms with Crippen LogP contribution in [0.2, 0.25) is 0 Å². The molecule has 0 fully saturated rings. The predicted molar refractivity (Wildman–Crippen MR) is 77.5 cm³/mol. The highest BCUT2D eigenvalue weighted by atomic mass is 32.1. The minimum absolute atomic E-state index is 0.0763. The second-order valence-electron chi connectivity index (χ2n) is 4.50. The van der Waals surface area contributed by atoms with Crippen LogP contribution in [-0.2, 0) is 17.6 Å². The number of hydrogen-bond acceptors (Lipinski definition) is 6. The van der Waals surface area contributed by atoms with Crippen molar-refractivity contribution in [2.45, 2.75) is 26.7 Å². The van der Waals surface area contributed by atoms with Gasteiger partial charge in [0.05, 0.1) is 6.42 Å². The van der Waals surface area contributed by atoms with E-state index in [1.54, 1.807) is 6.92 Å². The average Bonchev–Trinajstić information content (AvgIpc) is 2.79. The van der Waals surface area contributed by atoms with Gasteiger partial charge in [-0.05, 0) is 13.8 Å². The van der Waals surface area contributed by atoms with Crippen LogP contribution in [-0.4, -0.2) is 32.6 Å². The number of amides is 1. The number of carbonyl (C=O) groups is 1. The molecule has 0 bridgehead atoms. The lowest BCUT2D eigenvalue weighted by atomic mass is 10.1. The van der Waals surface area contributed by atoms with Gasteiger partial charge in [-0.15, -0.1) is 21.5 Å². The lowest BCUT2D eigenvalue weighted by molar-refractivity contribution is -0.120. The molecule has 0 atom stereocenters. The van der Waals surface area contributed by atoms with Gasteiger partial charge in [-0.2, -0.15) is 0 Å². The first kappa shape index (κ1) is 15.1. The normalized spacial score (nSPS) is 10.6. The number of carbonyl (C=O) groups excluding carboxylic acids is 1. The Kier molecular flexibility index (Phi) is 4.63. The number of nitrogens with one attached hydrogen (secondary N) is 3. The van der Waals surface area contributed by atoms with Crippen molar-refractivity contribution in [1.82, 2.24) is 25.5 Å². The van der Waals surface area contributed by atoms with Crippen LogP contribution in [0.5, 0.6) is 0 Å². The van der Waals surface area contributed by atoms with Gasteiger partial charge < -0.3 is 10.3 Å². The molecule has 0 radical (unpaired) electrons. The largest absolute Gasteiger partial charge is 0.355 e. The zero-order chi connectivity index (χ0) is 15.4. The molecular formula is C12H15N5O3S. The van der Waals surface area contributed by atoms with E-state index in [0.717, 1.165) is 10.0 Å². The van der Waals surface area contributed by atoms with E-state index in [-0.39, 0.29) is 17.9 Å². The van der Waals surface area contributed by atoms with Crippen molar-refractivity contribution in [3.8, 4) is 0 Å². The number of H-pyrrole nitrogens is 2. The summed E-state index contributed by atoms with van der Waals surface area (Å²) < 4.78 is 0. The zero-order valence-corrected chi connectivity index (χ0v) is 12.5. The van der Waals surface area contributed by atoms with E-state index in [9.17, 15) is 14.4 Å². The van der Waals surface area contributed by atoms with E-state index in [1.807, 2.05) is 6.92 Å². The highest BCUT2D eigenvalue weighted by Crippen LogP contribution is 2.07. The van der Waals surface area contributed by atoms with Gasteiger partial charge in [0.25, 0.3) is 5.56 Å². The predicted octanol–water partition coefficient (Wildman–Crippen LogP) is -0.567. The number of aromatic nitrogens is 4. The summed E-state index contributed by atoms with van der Waals surface area (Å²) in [7, 11) is 0. The number of nitrogens with zero attached hydrogens (tertiary/aromatic N) is 2. The van der Waals surface area contributed by atoms with E-state index in [0.29, 0.717) is 18.7 Å². The number of hydrogen-bond donors (Lipinski definition) is 3. The van der Waals surface area contributed by atoms with Crippen LogP contribution in [0.3, 0.4) is 0 Å². The Bertz CT molecular complexity index is 761. The smallest absolute Gasteiger partial charge is 0.325 e. The summed E-state index contributed by atoms with van der Waals surface area (Å²) in [6.45, 7) is 3.88. The van der Waals surface area contributed by atoms with Crippen LogP contribution in [0.25, 0.3) is 0 Å².